The van der Waals surface area contributed by atoms with Gasteiger partial charge in [0.1, 0.15) is 11.3 Å². The van der Waals surface area contributed by atoms with Crippen LogP contribution >= 0.6 is 0 Å². The molecule has 2 aromatic heterocycles. The summed E-state index contributed by atoms with van der Waals surface area (Å²) in [5, 5.41) is 2.96. The minimum absolute atomic E-state index is 0.0500. The van der Waals surface area contributed by atoms with Gasteiger partial charge >= 0.3 is 6.03 Å². The average molecular weight is 335 g/mol. The zero-order valence-corrected chi connectivity index (χ0v) is 14.2. The van der Waals surface area contributed by atoms with E-state index in [1.165, 1.54) is 0 Å². The van der Waals surface area contributed by atoms with E-state index in [0.717, 1.165) is 42.2 Å². The van der Waals surface area contributed by atoms with Gasteiger partial charge < -0.3 is 14.8 Å². The van der Waals surface area contributed by atoms with Crippen molar-refractivity contribution in [2.45, 2.75) is 25.8 Å². The lowest BCUT2D eigenvalue weighted by Crippen LogP contribution is -2.33. The predicted molar refractivity (Wildman–Crippen MR) is 97.6 cm³/mol. The highest BCUT2D eigenvalue weighted by molar-refractivity contribution is 5.89. The summed E-state index contributed by atoms with van der Waals surface area (Å²) >= 11 is 0. The lowest BCUT2D eigenvalue weighted by molar-refractivity contribution is 0.222. The SMILES string of the molecule is CCn1c([C@H]2CCN(C(=O)Nc3ccccc3)C2)nc2cccnc21. The van der Waals surface area contributed by atoms with Gasteiger partial charge in [0.25, 0.3) is 0 Å². The van der Waals surface area contributed by atoms with Crippen LogP contribution in [0, 0.1) is 0 Å². The molecule has 1 saturated heterocycles. The molecule has 0 spiro atoms. The first kappa shape index (κ1) is 15.6. The van der Waals surface area contributed by atoms with E-state index in [-0.39, 0.29) is 11.9 Å². The summed E-state index contributed by atoms with van der Waals surface area (Å²) < 4.78 is 2.17. The standard InChI is InChI=1S/C19H21N5O/c1-2-24-17(22-16-9-6-11-20-18(16)24)14-10-12-23(13-14)19(25)21-15-7-4-3-5-8-15/h3-9,11,14H,2,10,12-13H2,1H3,(H,21,25)/t14-/m0/s1. The maximum atomic E-state index is 12.5. The largest absolute Gasteiger partial charge is 0.324 e. The van der Waals surface area contributed by atoms with Crippen molar-refractivity contribution in [3.8, 4) is 0 Å². The number of amides is 2. The Labute approximate surface area is 146 Å². The topological polar surface area (TPSA) is 63.1 Å². The average Bonchev–Trinajstić information content (AvgIpc) is 3.27. The second kappa shape index (κ2) is 6.55. The lowest BCUT2D eigenvalue weighted by Gasteiger charge is -2.17. The molecule has 0 aliphatic carbocycles. The third-order valence-electron chi connectivity index (χ3n) is 4.72. The Hall–Kier alpha value is -2.89. The Morgan fingerprint density at radius 1 is 1.24 bits per heavy atom. The van der Waals surface area contributed by atoms with Crippen LogP contribution in [0.4, 0.5) is 10.5 Å². The number of imidazole rings is 1. The number of para-hydroxylation sites is 1. The molecular formula is C19H21N5O. The maximum absolute atomic E-state index is 12.5. The summed E-state index contributed by atoms with van der Waals surface area (Å²) in [5.74, 6) is 1.28. The van der Waals surface area contributed by atoms with Crippen LogP contribution in [0.2, 0.25) is 0 Å². The van der Waals surface area contributed by atoms with Crippen LogP contribution in [0.15, 0.2) is 48.7 Å². The zero-order chi connectivity index (χ0) is 17.2. The molecule has 1 aliphatic heterocycles. The second-order valence-electron chi connectivity index (χ2n) is 6.29. The summed E-state index contributed by atoms with van der Waals surface area (Å²) in [6.45, 7) is 4.36. The highest BCUT2D eigenvalue weighted by atomic mass is 16.2. The molecule has 0 radical (unpaired) electrons. The highest BCUT2D eigenvalue weighted by Gasteiger charge is 2.31. The van der Waals surface area contributed by atoms with Crippen LogP contribution in [-0.2, 0) is 6.54 Å². The number of rotatable bonds is 3. The van der Waals surface area contributed by atoms with Gasteiger partial charge in [-0.15, -0.1) is 0 Å². The molecule has 6 nitrogen and oxygen atoms in total. The van der Waals surface area contributed by atoms with Gasteiger partial charge in [-0.05, 0) is 37.6 Å². The van der Waals surface area contributed by atoms with Gasteiger partial charge in [-0.3, -0.25) is 0 Å². The number of benzene rings is 1. The molecule has 1 N–H and O–H groups in total. The van der Waals surface area contributed by atoms with Gasteiger partial charge in [0.05, 0.1) is 0 Å². The number of likely N-dealkylation sites (tertiary alicyclic amines) is 1. The zero-order valence-electron chi connectivity index (χ0n) is 14.2. The molecule has 0 saturated carbocycles. The first-order chi connectivity index (χ1) is 12.3. The van der Waals surface area contributed by atoms with Gasteiger partial charge in [0.15, 0.2) is 5.65 Å². The summed E-state index contributed by atoms with van der Waals surface area (Å²) in [4.78, 5) is 23.6. The summed E-state index contributed by atoms with van der Waals surface area (Å²) in [5.41, 5.74) is 2.67. The van der Waals surface area contributed by atoms with Gasteiger partial charge in [-0.25, -0.2) is 14.8 Å². The van der Waals surface area contributed by atoms with Gasteiger partial charge in [0, 0.05) is 37.4 Å². The van der Waals surface area contributed by atoms with Crippen molar-refractivity contribution < 1.29 is 4.79 Å². The van der Waals surface area contributed by atoms with E-state index in [2.05, 4.69) is 21.8 Å². The fraction of sp³-hybridized carbons (Fsp3) is 0.316. The number of nitrogens with zero attached hydrogens (tertiary/aromatic N) is 4. The first-order valence-corrected chi connectivity index (χ1v) is 8.68. The Balaban J connectivity index is 1.52. The van der Waals surface area contributed by atoms with Crippen molar-refractivity contribution in [2.24, 2.45) is 0 Å². The molecule has 1 fully saturated rings. The molecule has 3 aromatic rings. The van der Waals surface area contributed by atoms with Crippen molar-refractivity contribution >= 4 is 22.9 Å². The number of hydrogen-bond acceptors (Lipinski definition) is 3. The number of urea groups is 1. The molecule has 0 bridgehead atoms. The van der Waals surface area contributed by atoms with Crippen molar-refractivity contribution in [1.82, 2.24) is 19.4 Å². The summed E-state index contributed by atoms with van der Waals surface area (Å²) in [7, 11) is 0. The van der Waals surface area contributed by atoms with E-state index in [1.807, 2.05) is 47.4 Å². The Kier molecular flexibility index (Phi) is 4.09. The van der Waals surface area contributed by atoms with Gasteiger partial charge in [0.2, 0.25) is 0 Å². The molecule has 128 valence electrons. The van der Waals surface area contributed by atoms with Crippen LogP contribution in [0.5, 0.6) is 0 Å². The molecule has 6 heteroatoms. The minimum atomic E-state index is -0.0500. The maximum Gasteiger partial charge on any atom is 0.321 e. The van der Waals surface area contributed by atoms with Crippen LogP contribution in [-0.4, -0.2) is 38.6 Å². The molecule has 3 heterocycles. The van der Waals surface area contributed by atoms with Crippen molar-refractivity contribution in [3.05, 3.63) is 54.5 Å². The molecule has 1 atom stereocenters. The summed E-state index contributed by atoms with van der Waals surface area (Å²) in [6, 6.07) is 13.4. The Morgan fingerprint density at radius 3 is 2.88 bits per heavy atom. The molecule has 4 rings (SSSR count). The van der Waals surface area contributed by atoms with Gasteiger partial charge in [-0.1, -0.05) is 18.2 Å². The van der Waals surface area contributed by atoms with E-state index >= 15 is 0 Å². The lowest BCUT2D eigenvalue weighted by atomic mass is 10.1. The Bertz CT molecular complexity index is 889. The van der Waals surface area contributed by atoms with Crippen molar-refractivity contribution in [3.63, 3.8) is 0 Å². The highest BCUT2D eigenvalue weighted by Crippen LogP contribution is 2.29. The fourth-order valence-corrected chi connectivity index (χ4v) is 3.48. The number of nitrogens with one attached hydrogen (secondary N) is 1. The number of hydrogen-bond donors (Lipinski definition) is 1. The number of carbonyl (C=O) groups is 1. The van der Waals surface area contributed by atoms with Crippen LogP contribution in [0.3, 0.4) is 0 Å². The predicted octanol–water partition coefficient (Wildman–Crippen LogP) is 3.47. The molecule has 2 amide bonds. The molecule has 0 unspecified atom stereocenters. The summed E-state index contributed by atoms with van der Waals surface area (Å²) in [6.07, 6.45) is 2.72. The van der Waals surface area contributed by atoms with E-state index in [9.17, 15) is 4.79 Å². The minimum Gasteiger partial charge on any atom is -0.324 e. The number of aryl methyl sites for hydroxylation is 1. The van der Waals surface area contributed by atoms with Crippen LogP contribution in [0.1, 0.15) is 25.1 Å². The normalized spacial score (nSPS) is 17.2. The fourth-order valence-electron chi connectivity index (χ4n) is 3.48. The number of fused-ring (bicyclic) bond motifs is 1. The third kappa shape index (κ3) is 2.95. The molecule has 1 aliphatic rings. The van der Waals surface area contributed by atoms with E-state index in [0.29, 0.717) is 6.54 Å². The Morgan fingerprint density at radius 2 is 2.08 bits per heavy atom. The monoisotopic (exact) mass is 335 g/mol. The number of aromatic nitrogens is 3. The number of anilines is 1. The van der Waals surface area contributed by atoms with E-state index in [4.69, 9.17) is 4.98 Å². The van der Waals surface area contributed by atoms with Crippen molar-refractivity contribution in [2.75, 3.05) is 18.4 Å². The van der Waals surface area contributed by atoms with E-state index in [1.54, 1.807) is 6.20 Å². The quantitative estimate of drug-likeness (QED) is 0.797. The molecule has 1 aromatic carbocycles. The third-order valence-corrected chi connectivity index (χ3v) is 4.72. The van der Waals surface area contributed by atoms with Crippen molar-refractivity contribution in [1.29, 1.82) is 0 Å². The first-order valence-electron chi connectivity index (χ1n) is 8.68. The molecular weight excluding hydrogens is 314 g/mol. The van der Waals surface area contributed by atoms with Gasteiger partial charge in [-0.2, -0.15) is 0 Å². The number of carbonyl (C=O) groups excluding carboxylic acids is 1. The molecule has 25 heavy (non-hydrogen) atoms. The van der Waals surface area contributed by atoms with E-state index < -0.39 is 0 Å². The second-order valence-corrected chi connectivity index (χ2v) is 6.29. The smallest absolute Gasteiger partial charge is 0.321 e. The number of pyridine rings is 1. The van der Waals surface area contributed by atoms with Crippen LogP contribution in [0.25, 0.3) is 11.2 Å². The van der Waals surface area contributed by atoms with Crippen LogP contribution < -0.4 is 5.32 Å².